The van der Waals surface area contributed by atoms with Gasteiger partial charge in [-0.05, 0) is 6.07 Å². The fraction of sp³-hybridized carbons (Fsp3) is 0.143. The summed E-state index contributed by atoms with van der Waals surface area (Å²) in [5.74, 6) is 0. The number of nitrogens with one attached hydrogen (secondary N) is 1. The highest BCUT2D eigenvalue weighted by Crippen LogP contribution is 2.02. The predicted octanol–water partition coefficient (Wildman–Crippen LogP) is 0.262. The second-order valence-corrected chi connectivity index (χ2v) is 2.38. The largest absolute Gasteiger partial charge is 0.360 e. The van der Waals surface area contributed by atoms with Crippen molar-refractivity contribution in [3.8, 4) is 0 Å². The first-order valence-corrected chi connectivity index (χ1v) is 3.28. The van der Waals surface area contributed by atoms with Crippen molar-refractivity contribution in [3.05, 3.63) is 28.8 Å². The van der Waals surface area contributed by atoms with Crippen molar-refractivity contribution in [3.63, 3.8) is 0 Å². The summed E-state index contributed by atoms with van der Waals surface area (Å²) in [6.45, 7) is 0. The zero-order chi connectivity index (χ0) is 7.84. The second-order valence-electron chi connectivity index (χ2n) is 2.38. The standard InChI is InChI=1S/C7H7N3O/c1-10-7(11)5-2-3-8-6(5)4-9-10/h2-4,8H,1H3. The third-order valence-corrected chi connectivity index (χ3v) is 1.66. The molecule has 0 radical (unpaired) electrons. The molecule has 0 unspecified atom stereocenters. The number of fused-ring (bicyclic) bond motifs is 1. The second kappa shape index (κ2) is 1.95. The molecule has 0 aromatic carbocycles. The van der Waals surface area contributed by atoms with Crippen LogP contribution in [0.5, 0.6) is 0 Å². The van der Waals surface area contributed by atoms with Crippen LogP contribution >= 0.6 is 0 Å². The minimum absolute atomic E-state index is 0.0660. The molecule has 0 aliphatic carbocycles. The van der Waals surface area contributed by atoms with Crippen LogP contribution in [0, 0.1) is 0 Å². The van der Waals surface area contributed by atoms with Crippen molar-refractivity contribution in [1.29, 1.82) is 0 Å². The monoisotopic (exact) mass is 149 g/mol. The Morgan fingerprint density at radius 3 is 3.27 bits per heavy atom. The molecule has 1 N–H and O–H groups in total. The maximum absolute atomic E-state index is 11.3. The molecule has 11 heavy (non-hydrogen) atoms. The van der Waals surface area contributed by atoms with Crippen LogP contribution in [-0.2, 0) is 7.05 Å². The van der Waals surface area contributed by atoms with Crippen LogP contribution in [-0.4, -0.2) is 14.8 Å². The van der Waals surface area contributed by atoms with E-state index in [0.717, 1.165) is 5.52 Å². The third-order valence-electron chi connectivity index (χ3n) is 1.66. The predicted molar refractivity (Wildman–Crippen MR) is 41.3 cm³/mol. The van der Waals surface area contributed by atoms with Crippen molar-refractivity contribution in [2.45, 2.75) is 0 Å². The number of aromatic amines is 1. The van der Waals surface area contributed by atoms with Crippen molar-refractivity contribution >= 4 is 10.9 Å². The smallest absolute Gasteiger partial charge is 0.275 e. The summed E-state index contributed by atoms with van der Waals surface area (Å²) in [4.78, 5) is 14.2. The van der Waals surface area contributed by atoms with E-state index < -0.39 is 0 Å². The zero-order valence-electron chi connectivity index (χ0n) is 6.03. The topological polar surface area (TPSA) is 50.7 Å². The van der Waals surface area contributed by atoms with Gasteiger partial charge in [0.15, 0.2) is 0 Å². The number of hydrogen-bond donors (Lipinski definition) is 1. The fourth-order valence-corrected chi connectivity index (χ4v) is 1.05. The molecule has 56 valence electrons. The molecule has 0 saturated carbocycles. The molecule has 2 heterocycles. The molecule has 2 aromatic heterocycles. The minimum Gasteiger partial charge on any atom is -0.360 e. The summed E-state index contributed by atoms with van der Waals surface area (Å²) in [6, 6.07) is 1.75. The summed E-state index contributed by atoms with van der Waals surface area (Å²) in [5.41, 5.74) is 0.719. The highest BCUT2D eigenvalue weighted by molar-refractivity contribution is 5.76. The lowest BCUT2D eigenvalue weighted by molar-refractivity contribution is 0.718. The highest BCUT2D eigenvalue weighted by Gasteiger charge is 1.99. The molecule has 0 atom stereocenters. The van der Waals surface area contributed by atoms with Gasteiger partial charge in [0, 0.05) is 13.2 Å². The number of rotatable bonds is 0. The maximum Gasteiger partial charge on any atom is 0.275 e. The van der Waals surface area contributed by atoms with Crippen molar-refractivity contribution in [2.24, 2.45) is 7.05 Å². The van der Waals surface area contributed by atoms with Crippen LogP contribution in [0.3, 0.4) is 0 Å². The number of nitrogens with zero attached hydrogens (tertiary/aromatic N) is 2. The van der Waals surface area contributed by atoms with Gasteiger partial charge in [0.05, 0.1) is 17.1 Å². The van der Waals surface area contributed by atoms with Crippen molar-refractivity contribution in [2.75, 3.05) is 0 Å². The Kier molecular flexibility index (Phi) is 1.09. The Bertz CT molecular complexity index is 440. The number of aryl methyl sites for hydroxylation is 1. The zero-order valence-corrected chi connectivity index (χ0v) is 6.03. The van der Waals surface area contributed by atoms with E-state index in [0.29, 0.717) is 5.39 Å². The van der Waals surface area contributed by atoms with E-state index in [1.807, 2.05) is 0 Å². The summed E-state index contributed by atoms with van der Waals surface area (Å²) >= 11 is 0. The molecule has 0 saturated heterocycles. The van der Waals surface area contributed by atoms with E-state index >= 15 is 0 Å². The molecule has 0 fully saturated rings. The van der Waals surface area contributed by atoms with Crippen LogP contribution in [0.1, 0.15) is 0 Å². The van der Waals surface area contributed by atoms with Gasteiger partial charge in [-0.25, -0.2) is 4.68 Å². The van der Waals surface area contributed by atoms with E-state index in [-0.39, 0.29) is 5.56 Å². The van der Waals surface area contributed by atoms with E-state index in [1.165, 1.54) is 4.68 Å². The molecule has 4 nitrogen and oxygen atoms in total. The Balaban J connectivity index is 3.05. The maximum atomic E-state index is 11.3. The van der Waals surface area contributed by atoms with E-state index in [9.17, 15) is 4.79 Å². The summed E-state index contributed by atoms with van der Waals surface area (Å²) < 4.78 is 1.32. The normalized spacial score (nSPS) is 10.6. The molecule has 0 aliphatic heterocycles. The van der Waals surface area contributed by atoms with Crippen LogP contribution < -0.4 is 5.56 Å². The number of H-pyrrole nitrogens is 1. The van der Waals surface area contributed by atoms with Gasteiger partial charge in [0.1, 0.15) is 0 Å². The van der Waals surface area contributed by atoms with Crippen LogP contribution in [0.15, 0.2) is 23.3 Å². The fourth-order valence-electron chi connectivity index (χ4n) is 1.05. The van der Waals surface area contributed by atoms with E-state index in [1.54, 1.807) is 25.5 Å². The highest BCUT2D eigenvalue weighted by atomic mass is 16.1. The Hall–Kier alpha value is -1.58. The molecule has 0 aliphatic rings. The first kappa shape index (κ1) is 6.15. The van der Waals surface area contributed by atoms with Gasteiger partial charge in [-0.1, -0.05) is 0 Å². The molecule has 2 rings (SSSR count). The SMILES string of the molecule is Cn1ncc2[nH]ccc2c1=O. The number of aromatic nitrogens is 3. The van der Waals surface area contributed by atoms with Crippen molar-refractivity contribution < 1.29 is 0 Å². The molecule has 0 spiro atoms. The van der Waals surface area contributed by atoms with Crippen molar-refractivity contribution in [1.82, 2.24) is 14.8 Å². The lowest BCUT2D eigenvalue weighted by Gasteiger charge is -1.93. The van der Waals surface area contributed by atoms with Gasteiger partial charge >= 0.3 is 0 Å². The van der Waals surface area contributed by atoms with Gasteiger partial charge in [-0.3, -0.25) is 4.79 Å². The van der Waals surface area contributed by atoms with Gasteiger partial charge in [-0.15, -0.1) is 0 Å². The third kappa shape index (κ3) is 0.756. The molecular weight excluding hydrogens is 142 g/mol. The Labute approximate surface area is 62.5 Å². The van der Waals surface area contributed by atoms with Crippen LogP contribution in [0.2, 0.25) is 0 Å². The summed E-state index contributed by atoms with van der Waals surface area (Å²) in [5, 5.41) is 4.53. The lowest BCUT2D eigenvalue weighted by atomic mass is 10.4. The average Bonchev–Trinajstić information content (AvgIpc) is 2.45. The first-order valence-electron chi connectivity index (χ1n) is 3.28. The molecule has 2 aromatic rings. The lowest BCUT2D eigenvalue weighted by Crippen LogP contribution is -2.18. The summed E-state index contributed by atoms with van der Waals surface area (Å²) in [7, 11) is 1.63. The van der Waals surface area contributed by atoms with Crippen LogP contribution in [0.4, 0.5) is 0 Å². The Morgan fingerprint density at radius 2 is 2.45 bits per heavy atom. The average molecular weight is 149 g/mol. The molecule has 0 bridgehead atoms. The summed E-state index contributed by atoms with van der Waals surface area (Å²) in [6.07, 6.45) is 3.37. The van der Waals surface area contributed by atoms with Crippen LogP contribution in [0.25, 0.3) is 10.9 Å². The van der Waals surface area contributed by atoms with Gasteiger partial charge < -0.3 is 4.98 Å². The minimum atomic E-state index is -0.0660. The Morgan fingerprint density at radius 1 is 1.64 bits per heavy atom. The quantitative estimate of drug-likeness (QED) is 0.584. The van der Waals surface area contributed by atoms with Gasteiger partial charge in [0.25, 0.3) is 5.56 Å². The molecular formula is C7H7N3O. The van der Waals surface area contributed by atoms with E-state index in [4.69, 9.17) is 0 Å². The first-order chi connectivity index (χ1) is 5.29. The van der Waals surface area contributed by atoms with Gasteiger partial charge in [-0.2, -0.15) is 5.10 Å². The molecule has 0 amide bonds. The molecule has 4 heteroatoms. The number of hydrogen-bond acceptors (Lipinski definition) is 2. The van der Waals surface area contributed by atoms with E-state index in [2.05, 4.69) is 10.1 Å². The van der Waals surface area contributed by atoms with Gasteiger partial charge in [0.2, 0.25) is 0 Å².